The second-order valence-electron chi connectivity index (χ2n) is 3.94. The molecule has 0 atom stereocenters. The Balaban J connectivity index is 2.28. The van der Waals surface area contributed by atoms with Gasteiger partial charge in [-0.1, -0.05) is 6.58 Å². The zero-order valence-electron chi connectivity index (χ0n) is 12.1. The van der Waals surface area contributed by atoms with Gasteiger partial charge >= 0.3 is 18.1 Å². The predicted octanol–water partition coefficient (Wildman–Crippen LogP) is 2.11. The molecular weight excluding hydrogens is 292 g/mol. The van der Waals surface area contributed by atoms with Gasteiger partial charge in [0, 0.05) is 12.5 Å². The minimum Gasteiger partial charge on any atom is -0.465 e. The van der Waals surface area contributed by atoms with Gasteiger partial charge in [0.2, 0.25) is 0 Å². The molecule has 118 valence electrons. The monoisotopic (exact) mass is 308 g/mol. The number of carbonyl (C=O) groups is 3. The molecule has 7 nitrogen and oxygen atoms in total. The Bertz CT molecular complexity index is 533. The maximum absolute atomic E-state index is 11.4. The standard InChI is InChI=1S/C15H16O7/c1-3-13(16)20-9-4-10-21-15(18)22-12-7-5-11(6-8-12)14(17)19-2/h3,5-8H,1,4,9-10H2,2H3. The van der Waals surface area contributed by atoms with E-state index >= 15 is 0 Å². The summed E-state index contributed by atoms with van der Waals surface area (Å²) in [4.78, 5) is 33.3. The van der Waals surface area contributed by atoms with E-state index in [2.05, 4.69) is 11.3 Å². The number of esters is 2. The number of carbonyl (C=O) groups excluding carboxylic acids is 3. The minimum atomic E-state index is -0.888. The fourth-order valence-corrected chi connectivity index (χ4v) is 1.35. The van der Waals surface area contributed by atoms with Crippen molar-refractivity contribution < 1.29 is 33.3 Å². The lowest BCUT2D eigenvalue weighted by molar-refractivity contribution is -0.138. The second kappa shape index (κ2) is 9.17. The second-order valence-corrected chi connectivity index (χ2v) is 3.94. The number of hydrogen-bond donors (Lipinski definition) is 0. The van der Waals surface area contributed by atoms with Crippen LogP contribution < -0.4 is 4.74 Å². The highest BCUT2D eigenvalue weighted by Crippen LogP contribution is 2.13. The van der Waals surface area contributed by atoms with E-state index < -0.39 is 18.1 Å². The molecule has 0 aliphatic carbocycles. The molecule has 7 heteroatoms. The molecule has 0 radical (unpaired) electrons. The van der Waals surface area contributed by atoms with Crippen LogP contribution in [-0.4, -0.2) is 38.4 Å². The third-order valence-electron chi connectivity index (χ3n) is 2.40. The number of benzene rings is 1. The summed E-state index contributed by atoms with van der Waals surface area (Å²) in [6.45, 7) is 3.41. The first kappa shape index (κ1) is 17.2. The summed E-state index contributed by atoms with van der Waals surface area (Å²) in [7, 11) is 1.27. The van der Waals surface area contributed by atoms with Crippen molar-refractivity contribution in [1.29, 1.82) is 0 Å². The first-order valence-electron chi connectivity index (χ1n) is 6.39. The zero-order chi connectivity index (χ0) is 16.4. The molecule has 0 unspecified atom stereocenters. The minimum absolute atomic E-state index is 0.0451. The summed E-state index contributed by atoms with van der Waals surface area (Å²) in [5.41, 5.74) is 0.340. The average molecular weight is 308 g/mol. The predicted molar refractivity (Wildman–Crippen MR) is 75.5 cm³/mol. The summed E-state index contributed by atoms with van der Waals surface area (Å²) in [6, 6.07) is 5.81. The van der Waals surface area contributed by atoms with Gasteiger partial charge in [-0.05, 0) is 24.3 Å². The van der Waals surface area contributed by atoms with Crippen LogP contribution in [0.15, 0.2) is 36.9 Å². The molecule has 0 amide bonds. The maximum Gasteiger partial charge on any atom is 0.513 e. The maximum atomic E-state index is 11.4. The van der Waals surface area contributed by atoms with Crippen molar-refractivity contribution in [2.24, 2.45) is 0 Å². The van der Waals surface area contributed by atoms with Gasteiger partial charge in [0.15, 0.2) is 0 Å². The fourth-order valence-electron chi connectivity index (χ4n) is 1.35. The highest BCUT2D eigenvalue weighted by Gasteiger charge is 2.08. The van der Waals surface area contributed by atoms with Gasteiger partial charge in [0.05, 0.1) is 25.9 Å². The summed E-state index contributed by atoms with van der Waals surface area (Å²) in [6.07, 6.45) is 0.504. The van der Waals surface area contributed by atoms with Crippen molar-refractivity contribution in [3.8, 4) is 5.75 Å². The molecule has 1 aromatic rings. The molecule has 0 saturated heterocycles. The molecule has 0 bridgehead atoms. The summed E-state index contributed by atoms with van der Waals surface area (Å²) in [5.74, 6) is -0.785. The van der Waals surface area contributed by atoms with E-state index in [1.54, 1.807) is 0 Å². The summed E-state index contributed by atoms with van der Waals surface area (Å²) in [5, 5.41) is 0. The Labute approximate surface area is 127 Å². The van der Waals surface area contributed by atoms with Crippen LogP contribution in [0.4, 0.5) is 4.79 Å². The van der Waals surface area contributed by atoms with Crippen molar-refractivity contribution in [1.82, 2.24) is 0 Å². The highest BCUT2D eigenvalue weighted by molar-refractivity contribution is 5.89. The van der Waals surface area contributed by atoms with Gasteiger partial charge in [-0.2, -0.15) is 0 Å². The summed E-state index contributed by atoms with van der Waals surface area (Å²) >= 11 is 0. The van der Waals surface area contributed by atoms with E-state index in [1.807, 2.05) is 0 Å². The average Bonchev–Trinajstić information content (AvgIpc) is 2.54. The quantitative estimate of drug-likeness (QED) is 0.250. The van der Waals surface area contributed by atoms with E-state index in [1.165, 1.54) is 31.4 Å². The van der Waals surface area contributed by atoms with Crippen molar-refractivity contribution in [2.45, 2.75) is 6.42 Å². The van der Waals surface area contributed by atoms with Crippen LogP contribution in [0.2, 0.25) is 0 Å². The number of rotatable bonds is 7. The van der Waals surface area contributed by atoms with Crippen molar-refractivity contribution >= 4 is 18.1 Å². The van der Waals surface area contributed by atoms with E-state index in [0.717, 1.165) is 6.08 Å². The Hall–Kier alpha value is -2.83. The van der Waals surface area contributed by atoms with Crippen molar-refractivity contribution in [3.05, 3.63) is 42.5 Å². The lowest BCUT2D eigenvalue weighted by Crippen LogP contribution is -2.13. The number of methoxy groups -OCH3 is 1. The van der Waals surface area contributed by atoms with Gasteiger partial charge in [-0.15, -0.1) is 0 Å². The first-order chi connectivity index (χ1) is 10.6. The molecule has 0 spiro atoms. The van der Waals surface area contributed by atoms with Gasteiger partial charge in [-0.3, -0.25) is 0 Å². The first-order valence-corrected chi connectivity index (χ1v) is 6.39. The lowest BCUT2D eigenvalue weighted by Gasteiger charge is -2.06. The smallest absolute Gasteiger partial charge is 0.465 e. The van der Waals surface area contributed by atoms with Crippen LogP contribution in [0.5, 0.6) is 5.75 Å². The van der Waals surface area contributed by atoms with Crippen molar-refractivity contribution in [2.75, 3.05) is 20.3 Å². The molecular formula is C15H16O7. The molecule has 1 rings (SSSR count). The van der Waals surface area contributed by atoms with Gasteiger partial charge < -0.3 is 18.9 Å². The Morgan fingerprint density at radius 3 is 2.32 bits per heavy atom. The molecule has 1 aromatic carbocycles. The van der Waals surface area contributed by atoms with Crippen LogP contribution in [0.25, 0.3) is 0 Å². The molecule has 0 aromatic heterocycles. The zero-order valence-corrected chi connectivity index (χ0v) is 12.1. The third-order valence-corrected chi connectivity index (χ3v) is 2.40. The number of ether oxygens (including phenoxy) is 4. The SMILES string of the molecule is C=CC(=O)OCCCOC(=O)Oc1ccc(C(=O)OC)cc1. The molecule has 22 heavy (non-hydrogen) atoms. The van der Waals surface area contributed by atoms with Crippen LogP contribution >= 0.6 is 0 Å². The topological polar surface area (TPSA) is 88.1 Å². The highest BCUT2D eigenvalue weighted by atomic mass is 16.7. The van der Waals surface area contributed by atoms with Crippen molar-refractivity contribution in [3.63, 3.8) is 0 Å². The largest absolute Gasteiger partial charge is 0.513 e. The Morgan fingerprint density at radius 1 is 1.09 bits per heavy atom. The molecule has 0 N–H and O–H groups in total. The fraction of sp³-hybridized carbons (Fsp3) is 0.267. The van der Waals surface area contributed by atoms with E-state index in [4.69, 9.17) is 14.2 Å². The molecule has 0 aliphatic heterocycles. The molecule has 0 aliphatic rings. The van der Waals surface area contributed by atoms with Crippen LogP contribution in [0, 0.1) is 0 Å². The normalized spacial score (nSPS) is 9.50. The van der Waals surface area contributed by atoms with Gasteiger partial charge in [0.1, 0.15) is 5.75 Å². The van der Waals surface area contributed by atoms with Crippen LogP contribution in [-0.2, 0) is 19.0 Å². The lowest BCUT2D eigenvalue weighted by atomic mass is 10.2. The number of hydrogen-bond acceptors (Lipinski definition) is 7. The third kappa shape index (κ3) is 6.08. The van der Waals surface area contributed by atoms with Crippen LogP contribution in [0.1, 0.15) is 16.8 Å². The van der Waals surface area contributed by atoms with E-state index in [0.29, 0.717) is 12.0 Å². The summed E-state index contributed by atoms with van der Waals surface area (Å²) < 4.78 is 18.9. The van der Waals surface area contributed by atoms with Gasteiger partial charge in [0.25, 0.3) is 0 Å². The Kier molecular flexibility index (Phi) is 7.18. The Morgan fingerprint density at radius 2 is 1.73 bits per heavy atom. The van der Waals surface area contributed by atoms with Crippen LogP contribution in [0.3, 0.4) is 0 Å². The van der Waals surface area contributed by atoms with E-state index in [9.17, 15) is 14.4 Å². The van der Waals surface area contributed by atoms with E-state index in [-0.39, 0.29) is 19.0 Å². The van der Waals surface area contributed by atoms with Gasteiger partial charge in [-0.25, -0.2) is 14.4 Å². The molecule has 0 heterocycles. The molecule has 0 fully saturated rings. The molecule has 0 saturated carbocycles.